The number of benzene rings is 1. The van der Waals surface area contributed by atoms with Crippen molar-refractivity contribution in [3.63, 3.8) is 0 Å². The molecule has 3 aliphatic carbocycles. The number of hydrogen-bond donors (Lipinski definition) is 2. The summed E-state index contributed by atoms with van der Waals surface area (Å²) >= 11 is 0. The molecular formula is C26H35N3O2. The average Bonchev–Trinajstić information content (AvgIpc) is 3.18. The quantitative estimate of drug-likeness (QED) is 0.651. The summed E-state index contributed by atoms with van der Waals surface area (Å²) in [6.07, 6.45) is 15.4. The fraction of sp³-hybridized carbons (Fsp3) is 0.615. The second-order valence-corrected chi connectivity index (χ2v) is 9.80. The first kappa shape index (κ1) is 20.6. The van der Waals surface area contributed by atoms with E-state index in [0.717, 1.165) is 75.1 Å². The van der Waals surface area contributed by atoms with Crippen molar-refractivity contribution in [1.82, 2.24) is 15.2 Å². The molecule has 5 nitrogen and oxygen atoms in total. The Kier molecular flexibility index (Phi) is 6.02. The number of hydrogen-bond acceptors (Lipinski definition) is 2. The van der Waals surface area contributed by atoms with Gasteiger partial charge < -0.3 is 10.3 Å². The summed E-state index contributed by atoms with van der Waals surface area (Å²) in [6, 6.07) is 6.00. The maximum absolute atomic E-state index is 13.7. The SMILES string of the molecule is O=C(NC1CCCCC1)N(C(=O)c1ccc2[nH]c3c(c2c1)CCCC3)C1CCCCC1. The summed E-state index contributed by atoms with van der Waals surface area (Å²) in [7, 11) is 0. The molecule has 0 atom stereocenters. The average molecular weight is 422 g/mol. The summed E-state index contributed by atoms with van der Waals surface area (Å²) in [4.78, 5) is 32.2. The van der Waals surface area contributed by atoms with Gasteiger partial charge in [0.15, 0.2) is 0 Å². The van der Waals surface area contributed by atoms with Crippen molar-refractivity contribution in [1.29, 1.82) is 0 Å². The van der Waals surface area contributed by atoms with Gasteiger partial charge in [0.25, 0.3) is 5.91 Å². The van der Waals surface area contributed by atoms with Gasteiger partial charge in [-0.25, -0.2) is 4.79 Å². The predicted molar refractivity (Wildman–Crippen MR) is 123 cm³/mol. The Hall–Kier alpha value is -2.30. The standard InChI is InChI=1S/C26H35N3O2/c30-25(18-15-16-24-22(17-18)21-13-7-8-14-23(21)28-24)29(20-11-5-2-6-12-20)26(31)27-19-9-3-1-4-10-19/h15-17,19-20,28H,1-14H2,(H,27,31). The number of aryl methyl sites for hydroxylation is 2. The van der Waals surface area contributed by atoms with Gasteiger partial charge in [0, 0.05) is 34.2 Å². The Morgan fingerprint density at radius 3 is 2.35 bits per heavy atom. The molecule has 5 rings (SSSR count). The van der Waals surface area contributed by atoms with Gasteiger partial charge >= 0.3 is 6.03 Å². The van der Waals surface area contributed by atoms with Crippen LogP contribution in [0.4, 0.5) is 4.79 Å². The van der Waals surface area contributed by atoms with Gasteiger partial charge in [-0.05, 0) is 75.1 Å². The first-order valence-corrected chi connectivity index (χ1v) is 12.5. The van der Waals surface area contributed by atoms with Crippen LogP contribution in [0.15, 0.2) is 18.2 Å². The molecule has 0 saturated heterocycles. The Morgan fingerprint density at radius 1 is 0.871 bits per heavy atom. The Balaban J connectivity index is 1.43. The van der Waals surface area contributed by atoms with Crippen molar-refractivity contribution in [3.8, 4) is 0 Å². The lowest BCUT2D eigenvalue weighted by Gasteiger charge is -2.34. The fourth-order valence-electron chi connectivity index (χ4n) is 5.93. The van der Waals surface area contributed by atoms with E-state index in [1.165, 1.54) is 36.9 Å². The van der Waals surface area contributed by atoms with Crippen LogP contribution in [0, 0.1) is 0 Å². The van der Waals surface area contributed by atoms with Crippen LogP contribution in [0.25, 0.3) is 10.9 Å². The van der Waals surface area contributed by atoms with Crippen molar-refractivity contribution in [2.24, 2.45) is 0 Å². The van der Waals surface area contributed by atoms with Crippen LogP contribution in [0.1, 0.15) is 98.7 Å². The number of carbonyl (C=O) groups excluding carboxylic acids is 2. The monoisotopic (exact) mass is 421 g/mol. The minimum Gasteiger partial charge on any atom is -0.358 e. The van der Waals surface area contributed by atoms with Crippen LogP contribution in [0.2, 0.25) is 0 Å². The lowest BCUT2D eigenvalue weighted by molar-refractivity contribution is 0.0702. The molecule has 0 spiro atoms. The molecule has 1 aromatic heterocycles. The highest BCUT2D eigenvalue weighted by molar-refractivity contribution is 6.06. The topological polar surface area (TPSA) is 65.2 Å². The molecule has 0 aliphatic heterocycles. The van der Waals surface area contributed by atoms with E-state index in [0.29, 0.717) is 5.56 Å². The van der Waals surface area contributed by atoms with Gasteiger partial charge in [0.2, 0.25) is 0 Å². The summed E-state index contributed by atoms with van der Waals surface area (Å²) in [5.41, 5.74) is 4.44. The second-order valence-electron chi connectivity index (χ2n) is 9.80. The Labute approximate surface area is 185 Å². The Bertz CT molecular complexity index is 951. The van der Waals surface area contributed by atoms with E-state index in [4.69, 9.17) is 0 Å². The number of amides is 3. The van der Waals surface area contributed by atoms with E-state index in [1.54, 1.807) is 4.90 Å². The molecule has 2 saturated carbocycles. The molecule has 1 aromatic carbocycles. The van der Waals surface area contributed by atoms with Crippen LogP contribution >= 0.6 is 0 Å². The van der Waals surface area contributed by atoms with E-state index in [9.17, 15) is 9.59 Å². The minimum atomic E-state index is -0.181. The van der Waals surface area contributed by atoms with Crippen LogP contribution < -0.4 is 5.32 Å². The molecule has 2 aromatic rings. The zero-order valence-corrected chi connectivity index (χ0v) is 18.5. The maximum atomic E-state index is 13.7. The number of fused-ring (bicyclic) bond motifs is 3. The fourth-order valence-corrected chi connectivity index (χ4v) is 5.93. The lowest BCUT2D eigenvalue weighted by atomic mass is 9.93. The summed E-state index contributed by atoms with van der Waals surface area (Å²) in [5.74, 6) is -0.132. The number of carbonyl (C=O) groups is 2. The Morgan fingerprint density at radius 2 is 1.58 bits per heavy atom. The van der Waals surface area contributed by atoms with Crippen LogP contribution in [-0.2, 0) is 12.8 Å². The molecule has 5 heteroatoms. The zero-order valence-electron chi connectivity index (χ0n) is 18.5. The number of urea groups is 1. The van der Waals surface area contributed by atoms with Crippen molar-refractivity contribution < 1.29 is 9.59 Å². The lowest BCUT2D eigenvalue weighted by Crippen LogP contribution is -2.52. The van der Waals surface area contributed by atoms with Crippen LogP contribution in [-0.4, -0.2) is 33.9 Å². The third-order valence-electron chi connectivity index (χ3n) is 7.66. The van der Waals surface area contributed by atoms with Gasteiger partial charge in [-0.15, -0.1) is 0 Å². The number of nitrogens with one attached hydrogen (secondary N) is 2. The number of aromatic amines is 1. The molecule has 2 fully saturated rings. The number of rotatable bonds is 3. The van der Waals surface area contributed by atoms with E-state index < -0.39 is 0 Å². The van der Waals surface area contributed by atoms with E-state index >= 15 is 0 Å². The first-order valence-electron chi connectivity index (χ1n) is 12.5. The molecule has 3 amide bonds. The molecule has 0 radical (unpaired) electrons. The van der Waals surface area contributed by atoms with Crippen molar-refractivity contribution >= 4 is 22.8 Å². The number of H-pyrrole nitrogens is 1. The molecule has 166 valence electrons. The van der Waals surface area contributed by atoms with Gasteiger partial charge in [-0.3, -0.25) is 9.69 Å². The van der Waals surface area contributed by atoms with Gasteiger partial charge in [0.1, 0.15) is 0 Å². The normalized spacial score (nSPS) is 20.4. The zero-order chi connectivity index (χ0) is 21.2. The van der Waals surface area contributed by atoms with E-state index in [-0.39, 0.29) is 24.0 Å². The van der Waals surface area contributed by atoms with Gasteiger partial charge in [-0.1, -0.05) is 38.5 Å². The second kappa shape index (κ2) is 9.05. The highest BCUT2D eigenvalue weighted by Crippen LogP contribution is 2.31. The molecular weight excluding hydrogens is 386 g/mol. The highest BCUT2D eigenvalue weighted by atomic mass is 16.2. The summed E-state index contributed by atoms with van der Waals surface area (Å²) in [5, 5.41) is 4.37. The van der Waals surface area contributed by atoms with Crippen LogP contribution in [0.3, 0.4) is 0 Å². The first-order chi connectivity index (χ1) is 15.2. The third-order valence-corrected chi connectivity index (χ3v) is 7.66. The van der Waals surface area contributed by atoms with Crippen molar-refractivity contribution in [2.45, 2.75) is 102 Å². The molecule has 0 bridgehead atoms. The smallest absolute Gasteiger partial charge is 0.324 e. The summed E-state index contributed by atoms with van der Waals surface area (Å²) in [6.45, 7) is 0. The molecule has 2 N–H and O–H groups in total. The minimum absolute atomic E-state index is 0.0145. The number of nitrogens with zero attached hydrogens (tertiary/aromatic N) is 1. The van der Waals surface area contributed by atoms with Gasteiger partial charge in [0.05, 0.1) is 0 Å². The van der Waals surface area contributed by atoms with Crippen LogP contribution in [0.5, 0.6) is 0 Å². The number of imide groups is 1. The highest BCUT2D eigenvalue weighted by Gasteiger charge is 2.33. The summed E-state index contributed by atoms with van der Waals surface area (Å²) < 4.78 is 0. The van der Waals surface area contributed by atoms with Crippen molar-refractivity contribution in [3.05, 3.63) is 35.0 Å². The van der Waals surface area contributed by atoms with E-state index in [1.807, 2.05) is 18.2 Å². The van der Waals surface area contributed by atoms with Crippen molar-refractivity contribution in [2.75, 3.05) is 0 Å². The molecule has 31 heavy (non-hydrogen) atoms. The molecule has 0 unspecified atom stereocenters. The van der Waals surface area contributed by atoms with Gasteiger partial charge in [-0.2, -0.15) is 0 Å². The molecule has 1 heterocycles. The molecule has 3 aliphatic rings. The van der Waals surface area contributed by atoms with E-state index in [2.05, 4.69) is 10.3 Å². The third kappa shape index (κ3) is 4.24. The maximum Gasteiger partial charge on any atom is 0.324 e. The largest absolute Gasteiger partial charge is 0.358 e. The predicted octanol–water partition coefficient (Wildman–Crippen LogP) is 5.86. The number of aromatic nitrogens is 1.